The lowest BCUT2D eigenvalue weighted by atomic mass is 10.2. The second-order valence-corrected chi connectivity index (χ2v) is 3.39. The molecule has 0 fully saturated rings. The molecule has 0 saturated heterocycles. The van der Waals surface area contributed by atoms with Gasteiger partial charge in [-0.1, -0.05) is 13.3 Å². The van der Waals surface area contributed by atoms with Crippen molar-refractivity contribution in [3.63, 3.8) is 0 Å². The first-order valence-corrected chi connectivity index (χ1v) is 4.61. The van der Waals surface area contributed by atoms with Crippen LogP contribution in [0.1, 0.15) is 24.7 Å². The smallest absolute Gasteiger partial charge is 0.176 e. The summed E-state index contributed by atoms with van der Waals surface area (Å²) in [5.41, 5.74) is 1.56. The van der Waals surface area contributed by atoms with Gasteiger partial charge < -0.3 is 0 Å². The van der Waals surface area contributed by atoms with Crippen LogP contribution in [0, 0.1) is 11.3 Å². The van der Waals surface area contributed by atoms with Crippen LogP contribution in [0.15, 0.2) is 4.47 Å². The molecule has 0 aliphatic heterocycles. The summed E-state index contributed by atoms with van der Waals surface area (Å²) < 4.78 is 2.60. The van der Waals surface area contributed by atoms with Crippen LogP contribution in [0.4, 0.5) is 0 Å². The normalized spacial score (nSPS) is 9.83. The molecule has 0 aromatic carbocycles. The summed E-state index contributed by atoms with van der Waals surface area (Å²) in [4.78, 5) is 0. The zero-order valence-electron chi connectivity index (χ0n) is 7.13. The maximum absolute atomic E-state index is 8.67. The zero-order valence-corrected chi connectivity index (χ0v) is 8.72. The number of nitrogens with zero attached hydrogens (tertiary/aromatic N) is 3. The van der Waals surface area contributed by atoms with Crippen molar-refractivity contribution in [1.29, 1.82) is 5.26 Å². The fourth-order valence-electron chi connectivity index (χ4n) is 1.11. The first-order chi connectivity index (χ1) is 5.70. The van der Waals surface area contributed by atoms with E-state index in [1.807, 2.05) is 13.1 Å². The van der Waals surface area contributed by atoms with E-state index >= 15 is 0 Å². The number of aryl methyl sites for hydroxylation is 1. The standard InChI is InChI=1S/C8H10BrN3/c1-3-4-7-8(9)6(5-10)11-12(7)2/h3-4H2,1-2H3. The molecule has 0 aliphatic carbocycles. The van der Waals surface area contributed by atoms with Crippen LogP contribution in [-0.4, -0.2) is 9.78 Å². The highest BCUT2D eigenvalue weighted by Gasteiger charge is 2.11. The summed E-state index contributed by atoms with van der Waals surface area (Å²) in [5.74, 6) is 0. The van der Waals surface area contributed by atoms with Gasteiger partial charge >= 0.3 is 0 Å². The fourth-order valence-corrected chi connectivity index (χ4v) is 1.74. The topological polar surface area (TPSA) is 41.6 Å². The lowest BCUT2D eigenvalue weighted by Gasteiger charge is -1.98. The Labute approximate surface area is 80.1 Å². The molecule has 4 heteroatoms. The fraction of sp³-hybridized carbons (Fsp3) is 0.500. The number of hydrogen-bond acceptors (Lipinski definition) is 2. The van der Waals surface area contributed by atoms with Gasteiger partial charge in [0.15, 0.2) is 5.69 Å². The second-order valence-electron chi connectivity index (χ2n) is 2.59. The molecular formula is C8H10BrN3. The maximum Gasteiger partial charge on any atom is 0.176 e. The number of aromatic nitrogens is 2. The van der Waals surface area contributed by atoms with Gasteiger partial charge in [0.05, 0.1) is 10.2 Å². The van der Waals surface area contributed by atoms with Gasteiger partial charge in [0.1, 0.15) is 6.07 Å². The summed E-state index contributed by atoms with van der Waals surface area (Å²) in [5, 5.41) is 12.7. The molecule has 0 aliphatic rings. The van der Waals surface area contributed by atoms with Crippen LogP contribution in [0.2, 0.25) is 0 Å². The van der Waals surface area contributed by atoms with E-state index in [2.05, 4.69) is 28.0 Å². The van der Waals surface area contributed by atoms with Gasteiger partial charge in [0.2, 0.25) is 0 Å². The molecule has 0 saturated carbocycles. The molecule has 0 radical (unpaired) electrons. The molecule has 0 spiro atoms. The van der Waals surface area contributed by atoms with E-state index in [0.717, 1.165) is 23.0 Å². The van der Waals surface area contributed by atoms with Crippen LogP contribution >= 0.6 is 15.9 Å². The minimum Gasteiger partial charge on any atom is -0.270 e. The number of rotatable bonds is 2. The van der Waals surface area contributed by atoms with E-state index < -0.39 is 0 Å². The number of halogens is 1. The number of nitriles is 1. The molecule has 3 nitrogen and oxygen atoms in total. The first kappa shape index (κ1) is 9.27. The summed E-state index contributed by atoms with van der Waals surface area (Å²) in [6, 6.07) is 2.04. The minimum atomic E-state index is 0.473. The van der Waals surface area contributed by atoms with E-state index in [4.69, 9.17) is 5.26 Å². The Kier molecular flexibility index (Phi) is 2.88. The van der Waals surface area contributed by atoms with E-state index in [1.165, 1.54) is 0 Å². The highest BCUT2D eigenvalue weighted by molar-refractivity contribution is 9.10. The molecule has 0 bridgehead atoms. The summed E-state index contributed by atoms with van der Waals surface area (Å²) >= 11 is 3.36. The first-order valence-electron chi connectivity index (χ1n) is 3.82. The zero-order chi connectivity index (χ0) is 9.14. The SMILES string of the molecule is CCCc1c(Br)c(C#N)nn1C. The van der Waals surface area contributed by atoms with Gasteiger partial charge in [-0.25, -0.2) is 0 Å². The van der Waals surface area contributed by atoms with Crippen molar-refractivity contribution in [2.45, 2.75) is 19.8 Å². The molecule has 1 rings (SSSR count). The van der Waals surface area contributed by atoms with Crippen molar-refractivity contribution in [3.05, 3.63) is 15.9 Å². The molecule has 12 heavy (non-hydrogen) atoms. The highest BCUT2D eigenvalue weighted by Crippen LogP contribution is 2.21. The molecule has 0 amide bonds. The molecule has 1 heterocycles. The molecule has 64 valence electrons. The monoisotopic (exact) mass is 227 g/mol. The van der Waals surface area contributed by atoms with Gasteiger partial charge in [0, 0.05) is 7.05 Å². The third-order valence-corrected chi connectivity index (χ3v) is 2.53. The van der Waals surface area contributed by atoms with E-state index in [1.54, 1.807) is 4.68 Å². The third-order valence-electron chi connectivity index (χ3n) is 1.69. The van der Waals surface area contributed by atoms with Gasteiger partial charge in [-0.3, -0.25) is 4.68 Å². The van der Waals surface area contributed by atoms with Crippen LogP contribution in [0.3, 0.4) is 0 Å². The van der Waals surface area contributed by atoms with Crippen molar-refractivity contribution < 1.29 is 0 Å². The van der Waals surface area contributed by atoms with E-state index in [0.29, 0.717) is 5.69 Å². The molecule has 0 atom stereocenters. The highest BCUT2D eigenvalue weighted by atomic mass is 79.9. The quantitative estimate of drug-likeness (QED) is 0.776. The Morgan fingerprint density at radius 3 is 2.75 bits per heavy atom. The van der Waals surface area contributed by atoms with Crippen molar-refractivity contribution in [2.75, 3.05) is 0 Å². The van der Waals surface area contributed by atoms with Crippen molar-refractivity contribution in [1.82, 2.24) is 9.78 Å². The summed E-state index contributed by atoms with van der Waals surface area (Å²) in [7, 11) is 1.86. The number of hydrogen-bond donors (Lipinski definition) is 0. The molecule has 0 unspecified atom stereocenters. The predicted octanol–water partition coefficient (Wildman–Crippen LogP) is 2.01. The average molecular weight is 228 g/mol. The van der Waals surface area contributed by atoms with Crippen molar-refractivity contribution in [3.8, 4) is 6.07 Å². The van der Waals surface area contributed by atoms with Crippen molar-refractivity contribution in [2.24, 2.45) is 7.05 Å². The largest absolute Gasteiger partial charge is 0.270 e. The average Bonchev–Trinajstić information content (AvgIpc) is 2.32. The Morgan fingerprint density at radius 2 is 2.33 bits per heavy atom. The van der Waals surface area contributed by atoms with E-state index in [9.17, 15) is 0 Å². The van der Waals surface area contributed by atoms with Crippen molar-refractivity contribution >= 4 is 15.9 Å². The molecule has 1 aromatic heterocycles. The molecule has 0 N–H and O–H groups in total. The van der Waals surface area contributed by atoms with Gasteiger partial charge in [-0.15, -0.1) is 0 Å². The molecule has 1 aromatic rings. The third kappa shape index (κ3) is 1.51. The second kappa shape index (κ2) is 3.72. The van der Waals surface area contributed by atoms with Crippen LogP contribution in [-0.2, 0) is 13.5 Å². The van der Waals surface area contributed by atoms with E-state index in [-0.39, 0.29) is 0 Å². The Hall–Kier alpha value is -0.820. The lowest BCUT2D eigenvalue weighted by Crippen LogP contribution is -1.97. The molecular weight excluding hydrogens is 218 g/mol. The Balaban J connectivity index is 3.12. The summed E-state index contributed by atoms with van der Waals surface area (Å²) in [6.07, 6.45) is 2.01. The van der Waals surface area contributed by atoms with Gasteiger partial charge in [-0.2, -0.15) is 10.4 Å². The Morgan fingerprint density at radius 1 is 1.67 bits per heavy atom. The minimum absolute atomic E-state index is 0.473. The predicted molar refractivity (Wildman–Crippen MR) is 49.6 cm³/mol. The van der Waals surface area contributed by atoms with Gasteiger partial charge in [-0.05, 0) is 22.4 Å². The van der Waals surface area contributed by atoms with Crippen LogP contribution in [0.25, 0.3) is 0 Å². The summed E-state index contributed by atoms with van der Waals surface area (Å²) in [6.45, 7) is 2.10. The lowest BCUT2D eigenvalue weighted by molar-refractivity contribution is 0.694. The van der Waals surface area contributed by atoms with Crippen LogP contribution < -0.4 is 0 Å². The maximum atomic E-state index is 8.67. The van der Waals surface area contributed by atoms with Crippen LogP contribution in [0.5, 0.6) is 0 Å². The van der Waals surface area contributed by atoms with Gasteiger partial charge in [0.25, 0.3) is 0 Å². The Bertz CT molecular complexity index is 322.